The Morgan fingerprint density at radius 2 is 2.11 bits per heavy atom. The van der Waals surface area contributed by atoms with E-state index >= 15 is 0 Å². The summed E-state index contributed by atoms with van der Waals surface area (Å²) in [4.78, 5) is 11.8. The minimum Gasteiger partial charge on any atom is -0.472 e. The van der Waals surface area contributed by atoms with E-state index in [1.54, 1.807) is 30.7 Å². The van der Waals surface area contributed by atoms with Crippen molar-refractivity contribution < 1.29 is 9.21 Å². The highest BCUT2D eigenvalue weighted by atomic mass is 35.5. The number of furan rings is 1. The van der Waals surface area contributed by atoms with Gasteiger partial charge in [-0.05, 0) is 36.2 Å². The fourth-order valence-corrected chi connectivity index (χ4v) is 2.02. The van der Waals surface area contributed by atoms with Crippen LogP contribution in [0.2, 0.25) is 10.0 Å². The summed E-state index contributed by atoms with van der Waals surface area (Å²) in [6.07, 6.45) is 3.97. The lowest BCUT2D eigenvalue weighted by Crippen LogP contribution is -2.25. The van der Waals surface area contributed by atoms with Crippen LogP contribution >= 0.6 is 23.2 Å². The van der Waals surface area contributed by atoms with Gasteiger partial charge in [-0.25, -0.2) is 0 Å². The predicted molar refractivity (Wildman–Crippen MR) is 71.2 cm³/mol. The van der Waals surface area contributed by atoms with E-state index in [2.05, 4.69) is 5.32 Å². The van der Waals surface area contributed by atoms with Gasteiger partial charge in [-0.1, -0.05) is 23.2 Å². The summed E-state index contributed by atoms with van der Waals surface area (Å²) in [5.41, 5.74) is 1.46. The van der Waals surface area contributed by atoms with E-state index < -0.39 is 0 Å². The average molecular weight is 284 g/mol. The van der Waals surface area contributed by atoms with Gasteiger partial charge in [0.15, 0.2) is 0 Å². The first kappa shape index (κ1) is 13.0. The van der Waals surface area contributed by atoms with E-state index in [-0.39, 0.29) is 5.91 Å². The second kappa shape index (κ2) is 5.94. The van der Waals surface area contributed by atoms with Crippen LogP contribution in [0.3, 0.4) is 0 Å². The number of hydrogen-bond acceptors (Lipinski definition) is 2. The molecule has 94 valence electrons. The lowest BCUT2D eigenvalue weighted by atomic mass is 10.2. The van der Waals surface area contributed by atoms with Gasteiger partial charge in [-0.3, -0.25) is 4.79 Å². The fraction of sp³-hybridized carbons (Fsp3) is 0.154. The topological polar surface area (TPSA) is 42.2 Å². The van der Waals surface area contributed by atoms with E-state index in [1.165, 1.54) is 0 Å². The van der Waals surface area contributed by atoms with Crippen LogP contribution in [-0.2, 0) is 6.42 Å². The number of carbonyl (C=O) groups excluding carboxylic acids is 1. The molecule has 0 aliphatic rings. The van der Waals surface area contributed by atoms with E-state index in [9.17, 15) is 4.79 Å². The molecule has 0 radical (unpaired) electrons. The molecule has 1 amide bonds. The molecule has 2 rings (SSSR count). The van der Waals surface area contributed by atoms with Crippen molar-refractivity contribution in [3.63, 3.8) is 0 Å². The van der Waals surface area contributed by atoms with Gasteiger partial charge < -0.3 is 9.73 Å². The first-order valence-corrected chi connectivity index (χ1v) is 6.17. The summed E-state index contributed by atoms with van der Waals surface area (Å²) in [5.74, 6) is -0.208. The van der Waals surface area contributed by atoms with Crippen molar-refractivity contribution in [3.05, 3.63) is 58.0 Å². The lowest BCUT2D eigenvalue weighted by molar-refractivity contribution is 0.0954. The molecule has 0 atom stereocenters. The first-order valence-electron chi connectivity index (χ1n) is 5.41. The number of carbonyl (C=O) groups is 1. The van der Waals surface area contributed by atoms with Crippen LogP contribution in [-0.4, -0.2) is 12.5 Å². The van der Waals surface area contributed by atoms with Crippen molar-refractivity contribution in [2.75, 3.05) is 6.54 Å². The molecule has 0 saturated heterocycles. The molecule has 0 saturated carbocycles. The van der Waals surface area contributed by atoms with E-state index in [4.69, 9.17) is 27.6 Å². The van der Waals surface area contributed by atoms with Crippen molar-refractivity contribution in [1.82, 2.24) is 5.32 Å². The normalized spacial score (nSPS) is 10.3. The maximum Gasteiger partial charge on any atom is 0.252 e. The van der Waals surface area contributed by atoms with Crippen LogP contribution in [0.5, 0.6) is 0 Å². The Morgan fingerprint density at radius 1 is 1.28 bits per heavy atom. The number of rotatable bonds is 4. The van der Waals surface area contributed by atoms with Crippen LogP contribution in [0.25, 0.3) is 0 Å². The summed E-state index contributed by atoms with van der Waals surface area (Å²) >= 11 is 11.7. The number of benzene rings is 1. The van der Waals surface area contributed by atoms with Crippen LogP contribution in [0.15, 0.2) is 41.2 Å². The standard InChI is InChI=1S/C13H11Cl2NO2/c14-10-1-2-11(12(15)7-10)13(17)16-5-3-9-4-6-18-8-9/h1-2,4,6-8H,3,5H2,(H,16,17). The zero-order chi connectivity index (χ0) is 13.0. The lowest BCUT2D eigenvalue weighted by Gasteiger charge is -2.06. The Kier molecular flexibility index (Phi) is 4.28. The molecule has 5 heteroatoms. The minimum absolute atomic E-state index is 0.208. The third-order valence-corrected chi connectivity index (χ3v) is 3.00. The molecule has 1 heterocycles. The van der Waals surface area contributed by atoms with Gasteiger partial charge in [0, 0.05) is 11.6 Å². The summed E-state index contributed by atoms with van der Waals surface area (Å²) in [5, 5.41) is 3.65. The molecule has 1 aromatic heterocycles. The Morgan fingerprint density at radius 3 is 2.78 bits per heavy atom. The van der Waals surface area contributed by atoms with E-state index in [0.29, 0.717) is 28.6 Å². The fourth-order valence-electron chi connectivity index (χ4n) is 1.52. The Hall–Kier alpha value is -1.45. The summed E-state index contributed by atoms with van der Waals surface area (Å²) < 4.78 is 4.94. The van der Waals surface area contributed by atoms with Crippen LogP contribution in [0, 0.1) is 0 Å². The Balaban J connectivity index is 1.91. The molecule has 3 nitrogen and oxygen atoms in total. The van der Waals surface area contributed by atoms with Gasteiger partial charge in [-0.15, -0.1) is 0 Å². The highest BCUT2D eigenvalue weighted by Gasteiger charge is 2.09. The Labute approximate surface area is 115 Å². The molecule has 1 aromatic carbocycles. The zero-order valence-electron chi connectivity index (χ0n) is 9.45. The molecule has 0 aliphatic heterocycles. The second-order valence-electron chi connectivity index (χ2n) is 3.76. The molecule has 0 unspecified atom stereocenters. The van der Waals surface area contributed by atoms with Crippen LogP contribution in [0.4, 0.5) is 0 Å². The second-order valence-corrected chi connectivity index (χ2v) is 4.61. The Bertz CT molecular complexity index is 538. The summed E-state index contributed by atoms with van der Waals surface area (Å²) in [6, 6.07) is 6.66. The summed E-state index contributed by atoms with van der Waals surface area (Å²) in [6.45, 7) is 0.525. The molecular formula is C13H11Cl2NO2. The van der Waals surface area contributed by atoms with Gasteiger partial charge in [0.1, 0.15) is 0 Å². The summed E-state index contributed by atoms with van der Waals surface area (Å²) in [7, 11) is 0. The van der Waals surface area contributed by atoms with E-state index in [0.717, 1.165) is 5.56 Å². The van der Waals surface area contributed by atoms with Crippen molar-refractivity contribution in [2.24, 2.45) is 0 Å². The third kappa shape index (κ3) is 3.28. The number of nitrogens with one attached hydrogen (secondary N) is 1. The monoisotopic (exact) mass is 283 g/mol. The van der Waals surface area contributed by atoms with Gasteiger partial charge in [0.05, 0.1) is 23.1 Å². The van der Waals surface area contributed by atoms with Crippen molar-refractivity contribution in [3.8, 4) is 0 Å². The molecule has 18 heavy (non-hydrogen) atoms. The molecule has 0 spiro atoms. The molecule has 2 aromatic rings. The smallest absolute Gasteiger partial charge is 0.252 e. The maximum absolute atomic E-state index is 11.8. The van der Waals surface area contributed by atoms with Crippen LogP contribution < -0.4 is 5.32 Å². The maximum atomic E-state index is 11.8. The quantitative estimate of drug-likeness (QED) is 0.932. The van der Waals surface area contributed by atoms with Crippen molar-refractivity contribution in [2.45, 2.75) is 6.42 Å². The number of amides is 1. The number of hydrogen-bond donors (Lipinski definition) is 1. The van der Waals surface area contributed by atoms with Gasteiger partial charge >= 0.3 is 0 Å². The van der Waals surface area contributed by atoms with Crippen LogP contribution in [0.1, 0.15) is 15.9 Å². The highest BCUT2D eigenvalue weighted by Crippen LogP contribution is 2.20. The molecule has 0 fully saturated rings. The van der Waals surface area contributed by atoms with Crippen molar-refractivity contribution >= 4 is 29.1 Å². The first-order chi connectivity index (χ1) is 8.66. The van der Waals surface area contributed by atoms with Crippen molar-refractivity contribution in [1.29, 1.82) is 0 Å². The SMILES string of the molecule is O=C(NCCc1ccoc1)c1ccc(Cl)cc1Cl. The van der Waals surface area contributed by atoms with E-state index in [1.807, 2.05) is 6.07 Å². The average Bonchev–Trinajstić information content (AvgIpc) is 2.81. The largest absolute Gasteiger partial charge is 0.472 e. The third-order valence-electron chi connectivity index (χ3n) is 2.46. The van der Waals surface area contributed by atoms with Gasteiger partial charge in [0.25, 0.3) is 5.91 Å². The van der Waals surface area contributed by atoms with Gasteiger partial charge in [-0.2, -0.15) is 0 Å². The molecule has 0 bridgehead atoms. The minimum atomic E-state index is -0.208. The number of halogens is 2. The molecule has 1 N–H and O–H groups in total. The predicted octanol–water partition coefficient (Wildman–Crippen LogP) is 3.56. The zero-order valence-corrected chi connectivity index (χ0v) is 11.0. The molecular weight excluding hydrogens is 273 g/mol. The highest BCUT2D eigenvalue weighted by molar-refractivity contribution is 6.36. The van der Waals surface area contributed by atoms with Gasteiger partial charge in [0.2, 0.25) is 0 Å². The molecule has 0 aliphatic carbocycles.